The second-order valence-corrected chi connectivity index (χ2v) is 2.69. The Kier molecular flexibility index (Phi) is 15.1. The number of carbonyl (C=O) groups is 1. The van der Waals surface area contributed by atoms with Gasteiger partial charge in [0.2, 0.25) is 0 Å². The predicted molar refractivity (Wildman–Crippen MR) is 70.5 cm³/mol. The Labute approximate surface area is 100 Å². The Balaban J connectivity index is 0. The molecule has 1 rings (SSSR count). The van der Waals surface area contributed by atoms with E-state index in [0.717, 1.165) is 23.9 Å². The molecule has 1 aromatic rings. The van der Waals surface area contributed by atoms with Gasteiger partial charge in [0.05, 0.1) is 0 Å². The number of methoxy groups -OCH3 is 1. The second-order valence-electron chi connectivity index (χ2n) is 2.69. The maximum absolute atomic E-state index is 10.0. The fraction of sp³-hybridized carbons (Fsp3) is 0.462. The van der Waals surface area contributed by atoms with Crippen molar-refractivity contribution < 1.29 is 9.53 Å². The fourth-order valence-electron chi connectivity index (χ4n) is 0.750. The Morgan fingerprint density at radius 3 is 2.00 bits per heavy atom. The van der Waals surface area contributed by atoms with Crippen molar-refractivity contribution in [2.45, 2.75) is 27.2 Å². The summed E-state index contributed by atoms with van der Waals surface area (Å²) in [7, 11) is 7.12. The third-order valence-corrected chi connectivity index (χ3v) is 1.59. The third-order valence-electron chi connectivity index (χ3n) is 1.59. The van der Waals surface area contributed by atoms with Gasteiger partial charge in [-0.2, -0.15) is 0 Å². The van der Waals surface area contributed by atoms with Crippen LogP contribution in [0.3, 0.4) is 0 Å². The van der Waals surface area contributed by atoms with Gasteiger partial charge in [-0.1, -0.05) is 43.6 Å². The first-order chi connectivity index (χ1) is 7.74. The zero-order valence-corrected chi connectivity index (χ0v) is 10.7. The molecular weight excluding hydrogens is 199 g/mol. The van der Waals surface area contributed by atoms with E-state index in [1.54, 1.807) is 19.2 Å². The van der Waals surface area contributed by atoms with Gasteiger partial charge in [-0.15, -0.1) is 0 Å². The SMILES string of the molecule is CC.CCOC.[B]c1ccc(CC=O)cc1. The lowest BCUT2D eigenvalue weighted by atomic mass is 9.95. The van der Waals surface area contributed by atoms with E-state index in [1.165, 1.54) is 0 Å². The molecule has 0 amide bonds. The van der Waals surface area contributed by atoms with Crippen LogP contribution in [0.1, 0.15) is 26.3 Å². The van der Waals surface area contributed by atoms with E-state index < -0.39 is 0 Å². The molecule has 1 aromatic carbocycles. The highest BCUT2D eigenvalue weighted by Gasteiger charge is 1.88. The van der Waals surface area contributed by atoms with Crippen LogP contribution in [-0.4, -0.2) is 27.8 Å². The lowest BCUT2D eigenvalue weighted by Gasteiger charge is -1.94. The van der Waals surface area contributed by atoms with E-state index in [4.69, 9.17) is 7.85 Å². The van der Waals surface area contributed by atoms with Gasteiger partial charge in [0, 0.05) is 20.1 Å². The number of hydrogen-bond acceptors (Lipinski definition) is 2. The molecular formula is C13H21BO2. The monoisotopic (exact) mass is 220 g/mol. The van der Waals surface area contributed by atoms with Gasteiger partial charge in [0.25, 0.3) is 0 Å². The van der Waals surface area contributed by atoms with Crippen LogP contribution >= 0.6 is 0 Å². The van der Waals surface area contributed by atoms with Gasteiger partial charge in [0.15, 0.2) is 0 Å². The molecule has 88 valence electrons. The van der Waals surface area contributed by atoms with Crippen molar-refractivity contribution in [3.05, 3.63) is 29.8 Å². The largest absolute Gasteiger partial charge is 0.385 e. The van der Waals surface area contributed by atoms with Crippen LogP contribution in [0.4, 0.5) is 0 Å². The topological polar surface area (TPSA) is 26.3 Å². The van der Waals surface area contributed by atoms with E-state index in [0.29, 0.717) is 6.42 Å². The molecule has 0 aliphatic rings. The molecule has 16 heavy (non-hydrogen) atoms. The molecule has 0 bridgehead atoms. The molecule has 0 fully saturated rings. The molecule has 0 unspecified atom stereocenters. The van der Waals surface area contributed by atoms with Crippen molar-refractivity contribution >= 4 is 19.6 Å². The van der Waals surface area contributed by atoms with Crippen LogP contribution in [0, 0.1) is 0 Å². The van der Waals surface area contributed by atoms with Crippen LogP contribution in [0.2, 0.25) is 0 Å². The standard InChI is InChI=1S/C8H7BO.C3H8O.C2H6/c9-8-3-1-7(2-4-8)5-6-10;1-3-4-2;1-2/h1-4,6H,5H2;3H2,1-2H3;1-2H3. The lowest BCUT2D eigenvalue weighted by molar-refractivity contribution is -0.107. The van der Waals surface area contributed by atoms with Gasteiger partial charge >= 0.3 is 0 Å². The summed E-state index contributed by atoms with van der Waals surface area (Å²) in [4.78, 5) is 10.0. The second kappa shape index (κ2) is 13.9. The highest BCUT2D eigenvalue weighted by molar-refractivity contribution is 6.32. The Bertz CT molecular complexity index is 243. The zero-order chi connectivity index (χ0) is 12.8. The first-order valence-corrected chi connectivity index (χ1v) is 5.51. The molecule has 3 heteroatoms. The molecule has 0 aromatic heterocycles. The molecule has 0 atom stereocenters. The fourth-order valence-corrected chi connectivity index (χ4v) is 0.750. The summed E-state index contributed by atoms with van der Waals surface area (Å²) in [6.07, 6.45) is 1.35. The summed E-state index contributed by atoms with van der Waals surface area (Å²) in [5.74, 6) is 0. The van der Waals surface area contributed by atoms with Gasteiger partial charge < -0.3 is 9.53 Å². The predicted octanol–water partition coefficient (Wildman–Crippen LogP) is 1.90. The summed E-state index contributed by atoms with van der Waals surface area (Å²) in [6, 6.07) is 7.28. The van der Waals surface area contributed by atoms with Gasteiger partial charge in [-0.25, -0.2) is 0 Å². The number of benzene rings is 1. The maximum atomic E-state index is 10.0. The van der Waals surface area contributed by atoms with Crippen LogP contribution in [0.5, 0.6) is 0 Å². The summed E-state index contributed by atoms with van der Waals surface area (Å²) < 4.78 is 4.54. The van der Waals surface area contributed by atoms with E-state index in [9.17, 15) is 4.79 Å². The summed E-state index contributed by atoms with van der Waals surface area (Å²) >= 11 is 0. The van der Waals surface area contributed by atoms with Crippen molar-refractivity contribution in [2.75, 3.05) is 13.7 Å². The highest BCUT2D eigenvalue weighted by Crippen LogP contribution is 1.94. The summed E-state index contributed by atoms with van der Waals surface area (Å²) in [6.45, 7) is 6.78. The van der Waals surface area contributed by atoms with Crippen LogP contribution in [0.25, 0.3) is 0 Å². The highest BCUT2D eigenvalue weighted by atomic mass is 16.5. The van der Waals surface area contributed by atoms with E-state index in [-0.39, 0.29) is 0 Å². The lowest BCUT2D eigenvalue weighted by Crippen LogP contribution is -2.00. The average molecular weight is 220 g/mol. The smallest absolute Gasteiger partial charge is 0.124 e. The molecule has 0 spiro atoms. The molecule has 0 aliphatic carbocycles. The number of aldehydes is 1. The van der Waals surface area contributed by atoms with Crippen molar-refractivity contribution in [1.29, 1.82) is 0 Å². The first-order valence-electron chi connectivity index (χ1n) is 5.51. The zero-order valence-electron chi connectivity index (χ0n) is 10.7. The van der Waals surface area contributed by atoms with Gasteiger partial charge in [-0.3, -0.25) is 0 Å². The molecule has 0 saturated carbocycles. The van der Waals surface area contributed by atoms with Gasteiger partial charge in [-0.05, 0) is 12.5 Å². The molecule has 2 nitrogen and oxygen atoms in total. The normalized spacial score (nSPS) is 8.00. The number of carbonyl (C=O) groups excluding carboxylic acids is 1. The van der Waals surface area contributed by atoms with Gasteiger partial charge in [0.1, 0.15) is 14.1 Å². The van der Waals surface area contributed by atoms with E-state index in [1.807, 2.05) is 32.9 Å². The molecule has 0 aliphatic heterocycles. The van der Waals surface area contributed by atoms with Crippen LogP contribution in [-0.2, 0) is 16.0 Å². The van der Waals surface area contributed by atoms with Crippen LogP contribution < -0.4 is 5.46 Å². The number of hydrogen-bond donors (Lipinski definition) is 0. The maximum Gasteiger partial charge on any atom is 0.124 e. The van der Waals surface area contributed by atoms with E-state index >= 15 is 0 Å². The molecule has 0 saturated heterocycles. The average Bonchev–Trinajstić information content (AvgIpc) is 2.35. The molecule has 2 radical (unpaired) electrons. The quantitative estimate of drug-likeness (QED) is 0.574. The van der Waals surface area contributed by atoms with Crippen molar-refractivity contribution in [1.82, 2.24) is 0 Å². The van der Waals surface area contributed by atoms with E-state index in [2.05, 4.69) is 4.74 Å². The number of rotatable bonds is 3. The van der Waals surface area contributed by atoms with Crippen molar-refractivity contribution in [3.63, 3.8) is 0 Å². The molecule has 0 N–H and O–H groups in total. The minimum Gasteiger partial charge on any atom is -0.385 e. The Morgan fingerprint density at radius 1 is 1.25 bits per heavy atom. The third kappa shape index (κ3) is 11.0. The van der Waals surface area contributed by atoms with Crippen molar-refractivity contribution in [2.24, 2.45) is 0 Å². The number of ether oxygens (including phenoxy) is 1. The first kappa shape index (κ1) is 17.3. The summed E-state index contributed by atoms with van der Waals surface area (Å²) in [5.41, 5.74) is 1.74. The summed E-state index contributed by atoms with van der Waals surface area (Å²) in [5, 5.41) is 0. The van der Waals surface area contributed by atoms with Crippen molar-refractivity contribution in [3.8, 4) is 0 Å². The Hall–Kier alpha value is -1.09. The van der Waals surface area contributed by atoms with Crippen LogP contribution in [0.15, 0.2) is 24.3 Å². The Morgan fingerprint density at radius 2 is 1.69 bits per heavy atom. The minimum absolute atomic E-state index is 0.472. The minimum atomic E-state index is 0.472. The molecule has 0 heterocycles.